The minimum Gasteiger partial charge on any atom is -0.208 e. The first kappa shape index (κ1) is 66.9. The summed E-state index contributed by atoms with van der Waals surface area (Å²) in [4.78, 5) is 32.1. The second-order valence-electron chi connectivity index (χ2n) is 29.1. The highest BCUT2D eigenvalue weighted by Gasteiger charge is 2.24. The van der Waals surface area contributed by atoms with Crippen molar-refractivity contribution >= 4 is 64.6 Å². The Morgan fingerprint density at radius 3 is 0.833 bits per heavy atom. The summed E-state index contributed by atoms with van der Waals surface area (Å²) in [6.07, 6.45) is 0. The summed E-state index contributed by atoms with van der Waals surface area (Å²) in [6.45, 7) is 0. The van der Waals surface area contributed by atoms with Crippen LogP contribution in [0.4, 0.5) is 0 Å². The van der Waals surface area contributed by atoms with Crippen molar-refractivity contribution in [3.05, 3.63) is 413 Å². The number of fused-ring (bicyclic) bond motifs is 6. The van der Waals surface area contributed by atoms with Crippen LogP contribution in [0.15, 0.2) is 413 Å². The monoisotopic (exact) mass is 1450 g/mol. The third kappa shape index (κ3) is 12.2. The van der Waals surface area contributed by atoms with Gasteiger partial charge in [0.1, 0.15) is 0 Å². The average molecular weight is 1450 g/mol. The van der Waals surface area contributed by atoms with E-state index in [0.29, 0.717) is 34.9 Å². The second-order valence-corrected chi connectivity index (χ2v) is 29.1. The highest BCUT2D eigenvalue weighted by atomic mass is 15.0. The summed E-state index contributed by atoms with van der Waals surface area (Å²) >= 11 is 0. The van der Waals surface area contributed by atoms with Crippen LogP contribution in [0.1, 0.15) is 0 Å². The molecule has 0 aliphatic rings. The molecule has 530 valence electrons. The van der Waals surface area contributed by atoms with E-state index in [0.717, 1.165) is 77.9 Å². The Morgan fingerprint density at radius 1 is 0.114 bits per heavy atom. The lowest BCUT2D eigenvalue weighted by atomic mass is 9.84. The van der Waals surface area contributed by atoms with E-state index in [1.807, 2.05) is 24.3 Å². The van der Waals surface area contributed by atoms with Crippen molar-refractivity contribution in [1.29, 1.82) is 0 Å². The molecule has 0 radical (unpaired) electrons. The van der Waals surface area contributed by atoms with Gasteiger partial charge in [-0.25, -0.2) is 29.9 Å². The maximum atomic E-state index is 5.41. The number of benzene rings is 19. The van der Waals surface area contributed by atoms with Crippen molar-refractivity contribution in [2.75, 3.05) is 0 Å². The molecule has 2 heterocycles. The fraction of sp³-hybridized carbons (Fsp3) is 0. The van der Waals surface area contributed by atoms with Crippen LogP contribution in [0.5, 0.6) is 0 Å². The van der Waals surface area contributed by atoms with Crippen molar-refractivity contribution in [2.45, 2.75) is 0 Å². The van der Waals surface area contributed by atoms with Crippen LogP contribution in [0.3, 0.4) is 0 Å². The Labute approximate surface area is 660 Å². The Kier molecular flexibility index (Phi) is 16.8. The van der Waals surface area contributed by atoms with Crippen LogP contribution in [0.2, 0.25) is 0 Å². The Hall–Kier alpha value is -15.2. The number of hydrogen-bond donors (Lipinski definition) is 0. The molecule has 0 bridgehead atoms. The predicted molar refractivity (Wildman–Crippen MR) is 474 cm³/mol. The Bertz CT molecular complexity index is 7170. The van der Waals surface area contributed by atoms with Gasteiger partial charge in [-0.15, -0.1) is 0 Å². The maximum Gasteiger partial charge on any atom is 0.164 e. The molecule has 0 aliphatic heterocycles. The lowest BCUT2D eigenvalue weighted by Crippen LogP contribution is -2.01. The van der Waals surface area contributed by atoms with Crippen molar-refractivity contribution in [2.24, 2.45) is 0 Å². The molecule has 0 atom stereocenters. The first-order valence-corrected chi connectivity index (χ1v) is 38.7. The molecule has 0 amide bonds. The third-order valence-electron chi connectivity index (χ3n) is 22.4. The van der Waals surface area contributed by atoms with Crippen molar-refractivity contribution in [3.63, 3.8) is 0 Å². The predicted octanol–water partition coefficient (Wildman–Crippen LogP) is 28.3. The molecule has 0 aliphatic carbocycles. The maximum absolute atomic E-state index is 5.41. The molecule has 0 saturated carbocycles. The van der Waals surface area contributed by atoms with Crippen LogP contribution in [-0.4, -0.2) is 29.9 Å². The van der Waals surface area contributed by atoms with Gasteiger partial charge in [0.15, 0.2) is 34.9 Å². The van der Waals surface area contributed by atoms with E-state index in [-0.39, 0.29) is 0 Å². The van der Waals surface area contributed by atoms with Gasteiger partial charge < -0.3 is 0 Å². The first-order chi connectivity index (χ1) is 56.5. The van der Waals surface area contributed by atoms with Gasteiger partial charge in [0.25, 0.3) is 0 Å². The normalized spacial score (nSPS) is 11.5. The van der Waals surface area contributed by atoms with Gasteiger partial charge in [0.05, 0.1) is 0 Å². The molecular formula is C108H68N6. The van der Waals surface area contributed by atoms with Crippen LogP contribution in [0.25, 0.3) is 222 Å². The lowest BCUT2D eigenvalue weighted by molar-refractivity contribution is 1.07. The molecule has 0 N–H and O–H groups in total. The van der Waals surface area contributed by atoms with Crippen LogP contribution in [0, 0.1) is 0 Å². The summed E-state index contributed by atoms with van der Waals surface area (Å²) < 4.78 is 0. The van der Waals surface area contributed by atoms with Crippen molar-refractivity contribution in [1.82, 2.24) is 29.9 Å². The molecule has 6 nitrogen and oxygen atoms in total. The summed E-state index contributed by atoms with van der Waals surface area (Å²) in [6, 6.07) is 147. The molecule has 6 heteroatoms. The molecule has 21 aromatic rings. The van der Waals surface area contributed by atoms with Crippen molar-refractivity contribution < 1.29 is 0 Å². The van der Waals surface area contributed by atoms with Gasteiger partial charge in [-0.1, -0.05) is 394 Å². The SMILES string of the molecule is c1ccc(-c2nc(-c3ccc(-c4c5ccccc5c(-c5cccc6ccccc56)c5ccccc45)cc3)nc(-c3ccc(-c4ccc(-c5nc(-c6ccc(-c7c8ccccc8c(-c8ccc(-c9ccc%10ccccc%10c9)cc8)c8ccccc78)cc6)nc(-c6ccccc6-c6ccccc6)n5)cc4)cc3-c3ccccc3)n2)cc1. The fourth-order valence-corrected chi connectivity index (χ4v) is 16.9. The molecule has 114 heavy (non-hydrogen) atoms. The quantitative estimate of drug-likeness (QED) is 0.101. The largest absolute Gasteiger partial charge is 0.208 e. The van der Waals surface area contributed by atoms with Gasteiger partial charge in [-0.3, -0.25) is 0 Å². The third-order valence-corrected chi connectivity index (χ3v) is 22.4. The minimum absolute atomic E-state index is 0.564. The van der Waals surface area contributed by atoms with E-state index in [1.165, 1.54) is 109 Å². The van der Waals surface area contributed by atoms with Crippen LogP contribution < -0.4 is 0 Å². The summed E-state index contributed by atoms with van der Waals surface area (Å²) in [5.74, 6) is 3.46. The second kappa shape index (κ2) is 28.6. The highest BCUT2D eigenvalue weighted by Crippen LogP contribution is 2.48. The van der Waals surface area contributed by atoms with Gasteiger partial charge in [-0.05, 0) is 172 Å². The molecule has 19 aromatic carbocycles. The summed E-state index contributed by atoms with van der Waals surface area (Å²) in [5, 5.41) is 14.5. The molecule has 0 unspecified atom stereocenters. The van der Waals surface area contributed by atoms with E-state index in [4.69, 9.17) is 29.9 Å². The van der Waals surface area contributed by atoms with E-state index < -0.39 is 0 Å². The van der Waals surface area contributed by atoms with Crippen LogP contribution in [-0.2, 0) is 0 Å². The molecule has 0 spiro atoms. The zero-order chi connectivity index (χ0) is 75.4. The van der Waals surface area contributed by atoms with E-state index >= 15 is 0 Å². The number of hydrogen-bond acceptors (Lipinski definition) is 6. The van der Waals surface area contributed by atoms with E-state index in [1.54, 1.807) is 0 Å². The van der Waals surface area contributed by atoms with Gasteiger partial charge >= 0.3 is 0 Å². The van der Waals surface area contributed by atoms with Crippen molar-refractivity contribution in [3.8, 4) is 157 Å². The van der Waals surface area contributed by atoms with E-state index in [2.05, 4.69) is 388 Å². The fourth-order valence-electron chi connectivity index (χ4n) is 16.9. The summed E-state index contributed by atoms with van der Waals surface area (Å²) in [7, 11) is 0. The minimum atomic E-state index is 0.564. The lowest BCUT2D eigenvalue weighted by Gasteiger charge is -2.19. The highest BCUT2D eigenvalue weighted by molar-refractivity contribution is 6.24. The molecule has 0 fully saturated rings. The zero-order valence-corrected chi connectivity index (χ0v) is 61.9. The Balaban J connectivity index is 0.633. The number of nitrogens with zero attached hydrogens (tertiary/aromatic N) is 6. The molecule has 0 saturated heterocycles. The molecular weight excluding hydrogens is 1380 g/mol. The first-order valence-electron chi connectivity index (χ1n) is 38.7. The number of aromatic nitrogens is 6. The van der Waals surface area contributed by atoms with E-state index in [9.17, 15) is 0 Å². The molecule has 21 rings (SSSR count). The summed E-state index contributed by atoms with van der Waals surface area (Å²) in [5.41, 5.74) is 23.3. The number of rotatable bonds is 14. The topological polar surface area (TPSA) is 77.3 Å². The molecule has 2 aromatic heterocycles. The zero-order valence-electron chi connectivity index (χ0n) is 61.9. The smallest absolute Gasteiger partial charge is 0.164 e. The standard InChI is InChI=1S/C108H68N6/c1-4-26-72(27-5-1)86-36-14-23-45-96(86)107-112-104(110-106(113-107)81-60-54-76(55-61-81)100-90-39-17-15-37-88(90)99(89-38-16-18-40-91(89)100)75-52-47-70(48-53-75)83-64-51-69-25-10-11-33-82(69)67-83)79-58-49-71(50-59-79)84-65-66-97(98(68-84)74-28-6-2-7-29-74)108-111-103(78-31-8-3-9-32-78)109-105(114-108)80-62-56-77(57-63-80)101-92-41-19-21-43-94(92)102(95-44-22-20-42-93(95)101)87-46-24-34-73-30-12-13-35-85(73)87/h1-68H. The van der Waals surface area contributed by atoms with Crippen LogP contribution >= 0.6 is 0 Å². The van der Waals surface area contributed by atoms with Gasteiger partial charge in [0, 0.05) is 33.4 Å². The van der Waals surface area contributed by atoms with Gasteiger partial charge in [-0.2, -0.15) is 0 Å². The Morgan fingerprint density at radius 2 is 0.386 bits per heavy atom. The average Bonchev–Trinajstić information content (AvgIpc) is 0.739. The van der Waals surface area contributed by atoms with Gasteiger partial charge in [0.2, 0.25) is 0 Å².